The summed E-state index contributed by atoms with van der Waals surface area (Å²) in [5.74, 6) is -0.0129. The first-order valence-electron chi connectivity index (χ1n) is 7.20. The van der Waals surface area contributed by atoms with Gasteiger partial charge in [-0.25, -0.2) is 0 Å². The summed E-state index contributed by atoms with van der Waals surface area (Å²) in [4.78, 5) is 11.3. The number of ether oxygens (including phenoxy) is 1. The van der Waals surface area contributed by atoms with E-state index in [0.717, 1.165) is 19.3 Å². The Hall–Kier alpha value is -0.790. The van der Waals surface area contributed by atoms with E-state index in [9.17, 15) is 4.79 Å². The van der Waals surface area contributed by atoms with Crippen LogP contribution < -0.4 is 0 Å². The number of hydrogen-bond acceptors (Lipinski definition) is 2. The van der Waals surface area contributed by atoms with Gasteiger partial charge in [-0.2, -0.15) is 0 Å². The van der Waals surface area contributed by atoms with Crippen molar-refractivity contribution in [2.75, 3.05) is 6.61 Å². The van der Waals surface area contributed by atoms with Gasteiger partial charge in [-0.3, -0.25) is 4.79 Å². The molecule has 98 valence electrons. The standard InChI is InChI=1S/C15H26O2/c16-15-13-11-9-7-5-3-1-2-4-6-8-10-12-14-17-15/h6,8H,1-5,7,9-14H2. The van der Waals surface area contributed by atoms with Gasteiger partial charge in [0.2, 0.25) is 0 Å². The van der Waals surface area contributed by atoms with Crippen LogP contribution in [0, 0.1) is 0 Å². The Morgan fingerprint density at radius 3 is 2.12 bits per heavy atom. The van der Waals surface area contributed by atoms with E-state index >= 15 is 0 Å². The quantitative estimate of drug-likeness (QED) is 0.462. The second-order valence-electron chi connectivity index (χ2n) is 4.85. The maximum atomic E-state index is 11.3. The molecule has 0 saturated heterocycles. The van der Waals surface area contributed by atoms with Crippen LogP contribution in [0.2, 0.25) is 0 Å². The summed E-state index contributed by atoms with van der Waals surface area (Å²) in [6.45, 7) is 0.586. The fourth-order valence-corrected chi connectivity index (χ4v) is 2.11. The number of carbonyl (C=O) groups excluding carboxylic acids is 1. The Labute approximate surface area is 105 Å². The van der Waals surface area contributed by atoms with Crippen molar-refractivity contribution < 1.29 is 9.53 Å². The minimum atomic E-state index is -0.0129. The number of esters is 1. The van der Waals surface area contributed by atoms with Gasteiger partial charge in [0.1, 0.15) is 0 Å². The van der Waals surface area contributed by atoms with E-state index in [1.807, 2.05) is 0 Å². The van der Waals surface area contributed by atoms with Crippen molar-refractivity contribution in [2.45, 2.75) is 70.6 Å². The number of cyclic esters (lactones) is 1. The molecular formula is C15H26O2. The summed E-state index contributed by atoms with van der Waals surface area (Å²) in [5, 5.41) is 0. The highest BCUT2D eigenvalue weighted by Crippen LogP contribution is 2.11. The molecule has 1 heterocycles. The van der Waals surface area contributed by atoms with Crippen molar-refractivity contribution in [1.82, 2.24) is 0 Å². The molecule has 0 saturated carbocycles. The van der Waals surface area contributed by atoms with Crippen LogP contribution in [0.4, 0.5) is 0 Å². The van der Waals surface area contributed by atoms with Gasteiger partial charge in [0.25, 0.3) is 0 Å². The maximum absolute atomic E-state index is 11.3. The SMILES string of the molecule is O=C1CCCCCCCCCC=CCCCO1. The lowest BCUT2D eigenvalue weighted by atomic mass is 10.1. The molecule has 0 N–H and O–H groups in total. The van der Waals surface area contributed by atoms with Crippen LogP contribution in [0.25, 0.3) is 0 Å². The van der Waals surface area contributed by atoms with Gasteiger partial charge in [-0.05, 0) is 32.1 Å². The summed E-state index contributed by atoms with van der Waals surface area (Å²) < 4.78 is 5.17. The van der Waals surface area contributed by atoms with Crippen LogP contribution in [-0.4, -0.2) is 12.6 Å². The number of allylic oxidation sites excluding steroid dienone is 2. The van der Waals surface area contributed by atoms with E-state index in [-0.39, 0.29) is 5.97 Å². The van der Waals surface area contributed by atoms with Crippen LogP contribution >= 0.6 is 0 Å². The smallest absolute Gasteiger partial charge is 0.305 e. The highest BCUT2D eigenvalue weighted by molar-refractivity contribution is 5.69. The molecule has 0 aliphatic carbocycles. The number of rotatable bonds is 0. The molecule has 0 unspecified atom stereocenters. The van der Waals surface area contributed by atoms with E-state index in [1.54, 1.807) is 0 Å². The molecule has 0 fully saturated rings. The molecule has 0 spiro atoms. The molecule has 0 aromatic rings. The average molecular weight is 238 g/mol. The lowest BCUT2D eigenvalue weighted by Crippen LogP contribution is -2.05. The summed E-state index contributed by atoms with van der Waals surface area (Å²) in [6, 6.07) is 0. The largest absolute Gasteiger partial charge is 0.466 e. The van der Waals surface area contributed by atoms with Crippen molar-refractivity contribution in [1.29, 1.82) is 0 Å². The Balaban J connectivity index is 2.18. The molecule has 0 aromatic heterocycles. The third-order valence-electron chi connectivity index (χ3n) is 3.20. The van der Waals surface area contributed by atoms with Gasteiger partial charge >= 0.3 is 5.97 Å². The minimum absolute atomic E-state index is 0.0129. The van der Waals surface area contributed by atoms with E-state index in [1.165, 1.54) is 44.9 Å². The average Bonchev–Trinajstić information content (AvgIpc) is 2.32. The zero-order valence-corrected chi connectivity index (χ0v) is 11.0. The van der Waals surface area contributed by atoms with Crippen molar-refractivity contribution in [2.24, 2.45) is 0 Å². The molecule has 1 aliphatic rings. The molecule has 0 amide bonds. The van der Waals surface area contributed by atoms with Crippen LogP contribution in [0.3, 0.4) is 0 Å². The van der Waals surface area contributed by atoms with Gasteiger partial charge in [0, 0.05) is 6.42 Å². The molecular weight excluding hydrogens is 212 g/mol. The number of hydrogen-bond donors (Lipinski definition) is 0. The first kappa shape index (κ1) is 14.3. The first-order valence-corrected chi connectivity index (χ1v) is 7.20. The Morgan fingerprint density at radius 1 is 0.765 bits per heavy atom. The second-order valence-corrected chi connectivity index (χ2v) is 4.85. The summed E-state index contributed by atoms with van der Waals surface area (Å²) >= 11 is 0. The van der Waals surface area contributed by atoms with Crippen molar-refractivity contribution in [3.05, 3.63) is 12.2 Å². The van der Waals surface area contributed by atoms with E-state index < -0.39 is 0 Å². The molecule has 1 rings (SSSR count). The molecule has 2 heteroatoms. The lowest BCUT2D eigenvalue weighted by Gasteiger charge is -2.05. The van der Waals surface area contributed by atoms with Crippen LogP contribution in [0.5, 0.6) is 0 Å². The first-order chi connectivity index (χ1) is 8.39. The number of carbonyl (C=O) groups is 1. The highest BCUT2D eigenvalue weighted by Gasteiger charge is 2.02. The van der Waals surface area contributed by atoms with E-state index in [0.29, 0.717) is 13.0 Å². The maximum Gasteiger partial charge on any atom is 0.305 e. The fourth-order valence-electron chi connectivity index (χ4n) is 2.11. The minimum Gasteiger partial charge on any atom is -0.466 e. The topological polar surface area (TPSA) is 26.3 Å². The van der Waals surface area contributed by atoms with Crippen LogP contribution in [0.15, 0.2) is 12.2 Å². The summed E-state index contributed by atoms with van der Waals surface area (Å²) in [5.41, 5.74) is 0. The van der Waals surface area contributed by atoms with Crippen molar-refractivity contribution in [3.8, 4) is 0 Å². The third-order valence-corrected chi connectivity index (χ3v) is 3.20. The predicted octanol–water partition coefficient (Wildman–Crippen LogP) is 4.39. The summed E-state index contributed by atoms with van der Waals surface area (Å²) in [6.07, 6.45) is 17.1. The molecule has 17 heavy (non-hydrogen) atoms. The lowest BCUT2D eigenvalue weighted by molar-refractivity contribution is -0.143. The van der Waals surface area contributed by atoms with E-state index in [2.05, 4.69) is 12.2 Å². The Bertz CT molecular complexity index is 221. The molecule has 2 nitrogen and oxygen atoms in total. The zero-order valence-electron chi connectivity index (χ0n) is 11.0. The predicted molar refractivity (Wildman–Crippen MR) is 70.9 cm³/mol. The molecule has 0 aromatic carbocycles. The van der Waals surface area contributed by atoms with Gasteiger partial charge in [0.05, 0.1) is 6.61 Å². The second kappa shape index (κ2) is 10.4. The third kappa shape index (κ3) is 8.96. The van der Waals surface area contributed by atoms with Crippen LogP contribution in [0.1, 0.15) is 70.6 Å². The highest BCUT2D eigenvalue weighted by atomic mass is 16.5. The van der Waals surface area contributed by atoms with Gasteiger partial charge in [-0.1, -0.05) is 44.3 Å². The Morgan fingerprint density at radius 2 is 1.35 bits per heavy atom. The zero-order chi connectivity index (χ0) is 12.2. The normalized spacial score (nSPS) is 22.0. The van der Waals surface area contributed by atoms with Gasteiger partial charge in [0.15, 0.2) is 0 Å². The Kier molecular flexibility index (Phi) is 8.71. The van der Waals surface area contributed by atoms with Gasteiger partial charge < -0.3 is 4.74 Å². The summed E-state index contributed by atoms with van der Waals surface area (Å²) in [7, 11) is 0. The molecule has 0 atom stereocenters. The molecule has 0 radical (unpaired) electrons. The molecule has 0 bridgehead atoms. The van der Waals surface area contributed by atoms with Crippen molar-refractivity contribution in [3.63, 3.8) is 0 Å². The molecule has 1 aliphatic heterocycles. The monoisotopic (exact) mass is 238 g/mol. The van der Waals surface area contributed by atoms with Crippen molar-refractivity contribution >= 4 is 5.97 Å². The van der Waals surface area contributed by atoms with E-state index in [4.69, 9.17) is 4.74 Å². The van der Waals surface area contributed by atoms with Crippen LogP contribution in [-0.2, 0) is 9.53 Å². The van der Waals surface area contributed by atoms with Gasteiger partial charge in [-0.15, -0.1) is 0 Å². The fraction of sp³-hybridized carbons (Fsp3) is 0.800.